The van der Waals surface area contributed by atoms with Crippen molar-refractivity contribution in [3.05, 3.63) is 103 Å². The van der Waals surface area contributed by atoms with Crippen molar-refractivity contribution in [3.8, 4) is 0 Å². The Balaban J connectivity index is 0.000000360. The molecule has 2 aliphatic heterocycles. The van der Waals surface area contributed by atoms with E-state index < -0.39 is 45.0 Å². The molecule has 1 aromatic carbocycles. The van der Waals surface area contributed by atoms with Crippen LogP contribution in [0, 0.1) is 11.3 Å². The lowest BCUT2D eigenvalue weighted by Gasteiger charge is -2.30. The quantitative estimate of drug-likeness (QED) is 0.0968. The van der Waals surface area contributed by atoms with Gasteiger partial charge in [-0.15, -0.1) is 0 Å². The molecule has 18 nitrogen and oxygen atoms in total. The molecule has 0 N–H and O–H groups in total. The number of ether oxygens (including phenoxy) is 7. The SMILES string of the molecule is COC(=O)C1=C(C)CC(C)(C)C1.COC(=O)C1=C(C)CCC1.COC(=O)C1=C(C)CSC1.COC(=O)C1=C(C)C[C@H](C)C1.COC(=O)C1=C(C)C[C@H](c2ccccc2)N1C(=O)OC(C)(C)C.COC(=O)C1=C(OS(=O)(=O)C(F)(F)F)CCCCC1. The summed E-state index contributed by atoms with van der Waals surface area (Å²) in [5, 5.41) is 0. The van der Waals surface area contributed by atoms with Crippen LogP contribution in [0.3, 0.4) is 0 Å². The van der Waals surface area contributed by atoms with Gasteiger partial charge in [0.1, 0.15) is 17.1 Å². The van der Waals surface area contributed by atoms with Crippen molar-refractivity contribution in [3.63, 3.8) is 0 Å². The first-order valence-corrected chi connectivity index (χ1v) is 30.4. The Morgan fingerprint density at radius 1 is 0.553 bits per heavy atom. The summed E-state index contributed by atoms with van der Waals surface area (Å²) < 4.78 is 96.1. The minimum absolute atomic E-state index is 0.0419. The summed E-state index contributed by atoms with van der Waals surface area (Å²) in [5.74, 6) is -0.0579. The first-order chi connectivity index (χ1) is 39.5. The van der Waals surface area contributed by atoms with Crippen LogP contribution in [0.15, 0.2) is 97.5 Å². The molecule has 0 aromatic heterocycles. The first kappa shape index (κ1) is 74.7. The topological polar surface area (TPSA) is 231 Å². The van der Waals surface area contributed by atoms with E-state index >= 15 is 0 Å². The Labute approximate surface area is 504 Å². The van der Waals surface area contributed by atoms with Gasteiger partial charge < -0.3 is 37.3 Å². The number of carbonyl (C=O) groups excluding carboxylic acids is 7. The maximum atomic E-state index is 12.7. The minimum atomic E-state index is -5.75. The Morgan fingerprint density at radius 3 is 1.51 bits per heavy atom. The smallest absolute Gasteiger partial charge is 0.466 e. The zero-order valence-electron chi connectivity index (χ0n) is 52.5. The number of benzene rings is 1. The number of carbonyl (C=O) groups is 7. The van der Waals surface area contributed by atoms with E-state index in [9.17, 15) is 55.2 Å². The lowest BCUT2D eigenvalue weighted by molar-refractivity contribution is -0.138. The van der Waals surface area contributed by atoms with E-state index in [0.29, 0.717) is 31.6 Å². The van der Waals surface area contributed by atoms with Gasteiger partial charge in [-0.25, -0.2) is 33.6 Å². The standard InChI is InChI=1S/C18H23NO4.C10H13F3O5S.C10H16O2.C9H14O2.C8H12O2.C7H10O2S/c1-12-11-14(13-9-7-6-8-10-13)19(15(12)16(20)22-5)17(21)23-18(2,3)4;1-17-9(14)7-5-3-2-4-6-8(7)18-19(15,16)10(11,12)13;1-7-5-10(2,3)6-8(7)9(11)12-4;1-6-4-7(2)8(5-6)9(10)11-3;1-6-4-3-5-7(6)8(9)10-2;1-5-3-10-4-6(5)7(8)9-2/h6-10,14H,11H2,1-5H3;2-6H2,1H3;5-6H2,1-4H3;6H,4-5H2,1-3H3;3-5H2,1-2H3;3-4H2,1-2H3/t14-;;;6-;;/m1..0../s1. The van der Waals surface area contributed by atoms with E-state index in [1.165, 1.54) is 57.2 Å². The fraction of sp³-hybridized carbons (Fsp3) is 0.597. The molecule has 6 aliphatic rings. The lowest BCUT2D eigenvalue weighted by atomic mass is 9.89. The van der Waals surface area contributed by atoms with Gasteiger partial charge in [-0.05, 0) is 148 Å². The number of methoxy groups -OCH3 is 6. The Hall–Kier alpha value is -6.36. The molecule has 0 radical (unpaired) electrons. The van der Waals surface area contributed by atoms with E-state index in [1.54, 1.807) is 32.5 Å². The van der Waals surface area contributed by atoms with Gasteiger partial charge in [0.05, 0.1) is 54.3 Å². The number of rotatable bonds is 9. The molecular weight excluding hydrogens is 1150 g/mol. The molecule has 0 saturated carbocycles. The van der Waals surface area contributed by atoms with E-state index in [1.807, 2.05) is 65.0 Å². The van der Waals surface area contributed by atoms with Crippen LogP contribution in [0.5, 0.6) is 0 Å². The molecule has 476 valence electrons. The summed E-state index contributed by atoms with van der Waals surface area (Å²) in [5.41, 5.74) is 4.24. The summed E-state index contributed by atoms with van der Waals surface area (Å²) in [7, 11) is 2.35. The van der Waals surface area contributed by atoms with Crippen molar-refractivity contribution >= 4 is 63.8 Å². The molecule has 2 atom stereocenters. The molecule has 0 unspecified atom stereocenters. The Kier molecular flexibility index (Phi) is 30.0. The molecule has 0 bridgehead atoms. The van der Waals surface area contributed by atoms with Crippen molar-refractivity contribution in [2.24, 2.45) is 11.3 Å². The van der Waals surface area contributed by atoms with Gasteiger partial charge in [0.15, 0.2) is 0 Å². The van der Waals surface area contributed by atoms with Gasteiger partial charge in [-0.1, -0.05) is 79.8 Å². The maximum absolute atomic E-state index is 12.7. The van der Waals surface area contributed by atoms with E-state index in [2.05, 4.69) is 43.9 Å². The number of allylic oxidation sites excluding steroid dienone is 4. The monoisotopic (exact) mass is 1240 g/mol. The van der Waals surface area contributed by atoms with Crippen LogP contribution >= 0.6 is 11.8 Å². The Morgan fingerprint density at radius 2 is 1.06 bits per heavy atom. The molecule has 2 heterocycles. The van der Waals surface area contributed by atoms with Crippen LogP contribution in [0.2, 0.25) is 0 Å². The molecule has 4 aliphatic carbocycles. The fourth-order valence-electron chi connectivity index (χ4n) is 10.0. The molecule has 23 heteroatoms. The second-order valence-corrected chi connectivity index (χ2v) is 25.4. The predicted octanol–water partition coefficient (Wildman–Crippen LogP) is 13.1. The number of thioether (sulfide) groups is 1. The van der Waals surface area contributed by atoms with Crippen LogP contribution in [-0.2, 0) is 76.2 Å². The molecule has 0 spiro atoms. The second-order valence-electron chi connectivity index (χ2n) is 22.9. The highest BCUT2D eigenvalue weighted by molar-refractivity contribution is 8.00. The highest BCUT2D eigenvalue weighted by atomic mass is 32.2. The average molecular weight is 1240 g/mol. The number of esters is 6. The second kappa shape index (κ2) is 34.1. The van der Waals surface area contributed by atoms with Crippen molar-refractivity contribution < 1.29 is 92.5 Å². The highest BCUT2D eigenvalue weighted by Gasteiger charge is 2.49. The summed E-state index contributed by atoms with van der Waals surface area (Å²) in [4.78, 5) is 81.9. The number of hydrogen-bond acceptors (Lipinski definition) is 18. The Bertz CT molecular complexity index is 2830. The predicted molar refractivity (Wildman–Crippen MR) is 316 cm³/mol. The third kappa shape index (κ3) is 23.1. The third-order valence-electron chi connectivity index (χ3n) is 14.1. The van der Waals surface area contributed by atoms with E-state index in [-0.39, 0.29) is 59.4 Å². The zero-order chi connectivity index (χ0) is 64.8. The van der Waals surface area contributed by atoms with Gasteiger partial charge in [0.2, 0.25) is 0 Å². The summed E-state index contributed by atoms with van der Waals surface area (Å²) in [6.07, 6.45) is 8.67. The summed E-state index contributed by atoms with van der Waals surface area (Å²) in [6.45, 7) is 21.7. The number of hydrogen-bond donors (Lipinski definition) is 0. The number of amides is 1. The van der Waals surface area contributed by atoms with Gasteiger partial charge in [-0.3, -0.25) is 4.90 Å². The van der Waals surface area contributed by atoms with Gasteiger partial charge in [0.25, 0.3) is 0 Å². The molecular formula is C62H88F3NO17S2. The van der Waals surface area contributed by atoms with Crippen LogP contribution in [0.1, 0.15) is 171 Å². The highest BCUT2D eigenvalue weighted by Crippen LogP contribution is 2.42. The van der Waals surface area contributed by atoms with Crippen LogP contribution < -0.4 is 0 Å². The number of alkyl halides is 3. The third-order valence-corrected chi connectivity index (χ3v) is 16.3. The molecule has 85 heavy (non-hydrogen) atoms. The van der Waals surface area contributed by atoms with Gasteiger partial charge in [-0.2, -0.15) is 33.4 Å². The molecule has 0 saturated heterocycles. The minimum Gasteiger partial charge on any atom is -0.466 e. The zero-order valence-corrected chi connectivity index (χ0v) is 54.1. The lowest BCUT2D eigenvalue weighted by Crippen LogP contribution is -2.38. The molecule has 0 fully saturated rings. The van der Waals surface area contributed by atoms with Crippen LogP contribution in [0.4, 0.5) is 18.0 Å². The molecule has 1 aromatic rings. The first-order valence-electron chi connectivity index (χ1n) is 27.9. The largest absolute Gasteiger partial charge is 0.534 e. The van der Waals surface area contributed by atoms with Crippen molar-refractivity contribution in [1.82, 2.24) is 4.90 Å². The van der Waals surface area contributed by atoms with E-state index in [0.717, 1.165) is 103 Å². The normalized spacial score (nSPS) is 19.2. The summed E-state index contributed by atoms with van der Waals surface area (Å²) in [6, 6.07) is 9.35. The van der Waals surface area contributed by atoms with Crippen molar-refractivity contribution in [2.75, 3.05) is 54.2 Å². The summed E-state index contributed by atoms with van der Waals surface area (Å²) >= 11 is 1.76. The van der Waals surface area contributed by atoms with Crippen LogP contribution in [0.25, 0.3) is 0 Å². The van der Waals surface area contributed by atoms with E-state index in [4.69, 9.17) is 14.2 Å². The van der Waals surface area contributed by atoms with Crippen molar-refractivity contribution in [1.29, 1.82) is 0 Å². The number of nitrogens with zero attached hydrogens (tertiary/aromatic N) is 1. The molecule has 1 amide bonds. The fourth-order valence-corrected chi connectivity index (χ4v) is 11.7. The molecule has 7 rings (SSSR count). The number of halogens is 3. The van der Waals surface area contributed by atoms with Gasteiger partial charge >= 0.3 is 57.5 Å². The maximum Gasteiger partial charge on any atom is 0.534 e. The average Bonchev–Trinajstić information content (AvgIpc) is 2.34. The van der Waals surface area contributed by atoms with Crippen LogP contribution in [-0.4, -0.2) is 121 Å². The van der Waals surface area contributed by atoms with Gasteiger partial charge in [0, 0.05) is 40.2 Å². The van der Waals surface area contributed by atoms with Crippen molar-refractivity contribution in [2.45, 2.75) is 177 Å².